The van der Waals surface area contributed by atoms with E-state index in [-0.39, 0.29) is 11.5 Å². The first-order valence-electron chi connectivity index (χ1n) is 7.76. The number of aryl methyl sites for hydroxylation is 1. The van der Waals surface area contributed by atoms with Crippen LogP contribution >= 0.6 is 11.3 Å². The molecule has 1 atom stereocenters. The van der Waals surface area contributed by atoms with Crippen LogP contribution in [-0.4, -0.2) is 36.9 Å². The molecule has 1 aromatic heterocycles. The molecule has 7 heteroatoms. The topological polar surface area (TPSA) is 74.7 Å². The third-order valence-corrected chi connectivity index (χ3v) is 7.69. The Morgan fingerprint density at radius 2 is 2.12 bits per heavy atom. The van der Waals surface area contributed by atoms with Crippen LogP contribution in [0.4, 0.5) is 0 Å². The van der Waals surface area contributed by atoms with Crippen LogP contribution in [0.1, 0.15) is 40.2 Å². The van der Waals surface area contributed by atoms with Crippen LogP contribution < -0.4 is 0 Å². The molecule has 1 aliphatic rings. The third-order valence-electron chi connectivity index (χ3n) is 4.29. The third kappa shape index (κ3) is 3.38. The van der Waals surface area contributed by atoms with Crippen molar-refractivity contribution in [1.82, 2.24) is 4.31 Å². The molecule has 0 saturated carbocycles. The summed E-state index contributed by atoms with van der Waals surface area (Å²) < 4.78 is 27.5. The van der Waals surface area contributed by atoms with Crippen LogP contribution in [-0.2, 0) is 10.0 Å². The van der Waals surface area contributed by atoms with Crippen molar-refractivity contribution in [2.45, 2.75) is 29.9 Å². The Labute approximate surface area is 145 Å². The van der Waals surface area contributed by atoms with E-state index in [1.165, 1.54) is 15.6 Å². The van der Waals surface area contributed by atoms with E-state index >= 15 is 0 Å². The van der Waals surface area contributed by atoms with Crippen molar-refractivity contribution in [3.8, 4) is 0 Å². The summed E-state index contributed by atoms with van der Waals surface area (Å²) in [5, 5.41) is 11.0. The molecule has 0 aliphatic carbocycles. The average molecular weight is 365 g/mol. The minimum Gasteiger partial charge on any atom is -0.478 e. The molecule has 0 radical (unpaired) electrons. The largest absolute Gasteiger partial charge is 0.478 e. The Hall–Kier alpha value is -1.70. The molecule has 0 amide bonds. The van der Waals surface area contributed by atoms with E-state index < -0.39 is 16.0 Å². The highest BCUT2D eigenvalue weighted by Crippen LogP contribution is 2.32. The molecule has 1 saturated heterocycles. The Morgan fingerprint density at radius 3 is 2.79 bits per heavy atom. The highest BCUT2D eigenvalue weighted by atomic mass is 32.2. The van der Waals surface area contributed by atoms with Gasteiger partial charge in [0, 0.05) is 13.1 Å². The second kappa shape index (κ2) is 6.66. The van der Waals surface area contributed by atoms with E-state index in [1.54, 1.807) is 24.3 Å². The summed E-state index contributed by atoms with van der Waals surface area (Å²) in [5.41, 5.74) is 2.07. The van der Waals surface area contributed by atoms with E-state index in [9.17, 15) is 13.2 Å². The van der Waals surface area contributed by atoms with Gasteiger partial charge in [0.1, 0.15) is 4.21 Å². The molecule has 3 rings (SSSR count). The van der Waals surface area contributed by atoms with Gasteiger partial charge in [-0.2, -0.15) is 4.31 Å². The predicted molar refractivity (Wildman–Crippen MR) is 93.2 cm³/mol. The second-order valence-electron chi connectivity index (χ2n) is 6.08. The maximum Gasteiger partial charge on any atom is 0.335 e. The zero-order chi connectivity index (χ0) is 17.3. The summed E-state index contributed by atoms with van der Waals surface area (Å²) in [6, 6.07) is 8.50. The predicted octanol–water partition coefficient (Wildman–Crippen LogP) is 3.32. The lowest BCUT2D eigenvalue weighted by atomic mass is 9.91. The fraction of sp³-hybridized carbons (Fsp3) is 0.353. The SMILES string of the molecule is Cc1csc(S(=O)(=O)N2CCCC(c3cccc(C(=O)O)c3)C2)c1. The van der Waals surface area contributed by atoms with Gasteiger partial charge in [0.05, 0.1) is 5.56 Å². The normalized spacial score (nSPS) is 19.3. The van der Waals surface area contributed by atoms with Gasteiger partial charge in [0.15, 0.2) is 0 Å². The molecule has 1 N–H and O–H groups in total. The second-order valence-corrected chi connectivity index (χ2v) is 9.15. The van der Waals surface area contributed by atoms with E-state index in [4.69, 9.17) is 5.11 Å². The summed E-state index contributed by atoms with van der Waals surface area (Å²) in [6.45, 7) is 2.78. The number of carboxylic acid groups (broad SMARTS) is 1. The van der Waals surface area contributed by atoms with Crippen LogP contribution in [0.5, 0.6) is 0 Å². The summed E-state index contributed by atoms with van der Waals surface area (Å²) in [5.74, 6) is -0.944. The number of thiophene rings is 1. The van der Waals surface area contributed by atoms with Crippen molar-refractivity contribution >= 4 is 27.3 Å². The highest BCUT2D eigenvalue weighted by molar-refractivity contribution is 7.91. The van der Waals surface area contributed by atoms with Gasteiger partial charge >= 0.3 is 5.97 Å². The molecule has 1 aromatic carbocycles. The number of hydrogen-bond acceptors (Lipinski definition) is 4. The number of aromatic carboxylic acids is 1. The number of sulfonamides is 1. The maximum atomic E-state index is 12.8. The number of carboxylic acids is 1. The molecule has 2 heterocycles. The van der Waals surface area contributed by atoms with Gasteiger partial charge in [-0.3, -0.25) is 0 Å². The fourth-order valence-corrected chi connectivity index (χ4v) is 5.93. The van der Waals surface area contributed by atoms with Gasteiger partial charge in [-0.15, -0.1) is 11.3 Å². The van der Waals surface area contributed by atoms with Gasteiger partial charge in [0.25, 0.3) is 10.0 Å². The van der Waals surface area contributed by atoms with Crippen LogP contribution in [0.15, 0.2) is 39.9 Å². The molecule has 1 fully saturated rings. The first kappa shape index (κ1) is 17.1. The molecule has 0 bridgehead atoms. The van der Waals surface area contributed by atoms with Gasteiger partial charge in [0.2, 0.25) is 0 Å². The van der Waals surface area contributed by atoms with Gasteiger partial charge < -0.3 is 5.11 Å². The lowest BCUT2D eigenvalue weighted by molar-refractivity contribution is 0.0696. The molecule has 24 heavy (non-hydrogen) atoms. The summed E-state index contributed by atoms with van der Waals surface area (Å²) in [7, 11) is -3.47. The number of carbonyl (C=O) groups is 1. The number of nitrogens with zero attached hydrogens (tertiary/aromatic N) is 1. The quantitative estimate of drug-likeness (QED) is 0.902. The number of rotatable bonds is 4. The summed E-state index contributed by atoms with van der Waals surface area (Å²) in [4.78, 5) is 11.1. The minimum atomic E-state index is -3.47. The van der Waals surface area contributed by atoms with Gasteiger partial charge in [-0.05, 0) is 60.4 Å². The molecular formula is C17H19NO4S2. The maximum absolute atomic E-state index is 12.8. The highest BCUT2D eigenvalue weighted by Gasteiger charge is 2.31. The zero-order valence-electron chi connectivity index (χ0n) is 13.3. The van der Waals surface area contributed by atoms with E-state index in [0.717, 1.165) is 24.0 Å². The monoisotopic (exact) mass is 365 g/mol. The van der Waals surface area contributed by atoms with Crippen molar-refractivity contribution in [3.63, 3.8) is 0 Å². The number of piperidine rings is 1. The first-order valence-corrected chi connectivity index (χ1v) is 10.1. The van der Waals surface area contributed by atoms with E-state index in [1.807, 2.05) is 18.4 Å². The standard InChI is InChI=1S/C17H19NO4S2/c1-12-8-16(23-11-12)24(21,22)18-7-3-6-15(10-18)13-4-2-5-14(9-13)17(19)20/h2,4-5,8-9,11,15H,3,6-7,10H2,1H3,(H,19,20). The Kier molecular flexibility index (Phi) is 4.76. The molecule has 1 aliphatic heterocycles. The van der Waals surface area contributed by atoms with E-state index in [0.29, 0.717) is 17.3 Å². The van der Waals surface area contributed by atoms with Crippen molar-refractivity contribution in [2.75, 3.05) is 13.1 Å². The van der Waals surface area contributed by atoms with Crippen molar-refractivity contribution in [3.05, 3.63) is 52.4 Å². The molecule has 5 nitrogen and oxygen atoms in total. The lowest BCUT2D eigenvalue weighted by Crippen LogP contribution is -2.38. The Balaban J connectivity index is 1.84. The van der Waals surface area contributed by atoms with Crippen molar-refractivity contribution < 1.29 is 18.3 Å². The average Bonchev–Trinajstić information content (AvgIpc) is 3.02. The Bertz CT molecular complexity index is 857. The number of benzene rings is 1. The van der Waals surface area contributed by atoms with Crippen LogP contribution in [0.25, 0.3) is 0 Å². The van der Waals surface area contributed by atoms with Crippen LogP contribution in [0.2, 0.25) is 0 Å². The Morgan fingerprint density at radius 1 is 1.33 bits per heavy atom. The molecule has 1 unspecified atom stereocenters. The zero-order valence-corrected chi connectivity index (χ0v) is 14.9. The summed E-state index contributed by atoms with van der Waals surface area (Å²) in [6.07, 6.45) is 1.63. The fourth-order valence-electron chi connectivity index (χ4n) is 3.03. The first-order chi connectivity index (χ1) is 11.4. The van der Waals surface area contributed by atoms with Crippen LogP contribution in [0, 0.1) is 6.92 Å². The van der Waals surface area contributed by atoms with Gasteiger partial charge in [-0.1, -0.05) is 12.1 Å². The lowest BCUT2D eigenvalue weighted by Gasteiger charge is -2.32. The van der Waals surface area contributed by atoms with Crippen molar-refractivity contribution in [2.24, 2.45) is 0 Å². The molecule has 0 spiro atoms. The number of hydrogen-bond donors (Lipinski definition) is 1. The van der Waals surface area contributed by atoms with E-state index in [2.05, 4.69) is 0 Å². The summed E-state index contributed by atoms with van der Waals surface area (Å²) >= 11 is 1.25. The van der Waals surface area contributed by atoms with Crippen LogP contribution in [0.3, 0.4) is 0 Å². The van der Waals surface area contributed by atoms with Gasteiger partial charge in [-0.25, -0.2) is 13.2 Å². The minimum absolute atomic E-state index is 0.0221. The van der Waals surface area contributed by atoms with Crippen molar-refractivity contribution in [1.29, 1.82) is 0 Å². The molecular weight excluding hydrogens is 346 g/mol. The molecule has 128 valence electrons. The molecule has 2 aromatic rings. The smallest absolute Gasteiger partial charge is 0.335 e.